The number of ether oxygens (including phenoxy) is 2. The molecule has 0 aromatic heterocycles. The molecule has 2 aromatic rings. The van der Waals surface area contributed by atoms with Crippen molar-refractivity contribution in [1.82, 2.24) is 5.32 Å². The van der Waals surface area contributed by atoms with Crippen LogP contribution < -0.4 is 25.0 Å². The second-order valence-electron chi connectivity index (χ2n) is 8.07. The first-order valence-electron chi connectivity index (χ1n) is 10.6. The van der Waals surface area contributed by atoms with Crippen molar-refractivity contribution in [3.63, 3.8) is 0 Å². The second kappa shape index (κ2) is 8.16. The van der Waals surface area contributed by atoms with Crippen LogP contribution in [0.2, 0.25) is 0 Å². The Labute approximate surface area is 184 Å². The van der Waals surface area contributed by atoms with Crippen molar-refractivity contribution in [3.05, 3.63) is 47.0 Å². The Hall–Kier alpha value is -3.59. The quantitative estimate of drug-likeness (QED) is 0.610. The molecule has 0 fully saturated rings. The first kappa shape index (κ1) is 20.3. The summed E-state index contributed by atoms with van der Waals surface area (Å²) in [5.74, 6) is -0.197. The molecule has 0 bridgehead atoms. The number of nitrogens with one attached hydrogen (secondary N) is 2. The Kier molecular flexibility index (Phi) is 5.18. The standard InChI is InChI=1S/C23H23N3O6/c27-17(13-1-3-18-19(11-13)32-12-31-18)5-7-24-22(29)23(30)25-16-9-14-2-4-20(28)26-8-6-15(10-16)21(14)26/h1,3,9-11,17,27H,2,4-8,12H2,(H,24,29)(H,25,30). The summed E-state index contributed by atoms with van der Waals surface area (Å²) in [6.45, 7) is 0.946. The number of fused-ring (bicyclic) bond motifs is 1. The third-order valence-corrected chi connectivity index (χ3v) is 6.00. The van der Waals surface area contributed by atoms with E-state index in [1.54, 1.807) is 23.1 Å². The van der Waals surface area contributed by atoms with Crippen molar-refractivity contribution in [2.24, 2.45) is 0 Å². The largest absolute Gasteiger partial charge is 0.454 e. The lowest BCUT2D eigenvalue weighted by atomic mass is 9.98. The van der Waals surface area contributed by atoms with Crippen molar-refractivity contribution in [3.8, 4) is 11.5 Å². The molecule has 3 aliphatic rings. The summed E-state index contributed by atoms with van der Waals surface area (Å²) in [5.41, 5.74) is 4.18. The molecule has 3 heterocycles. The van der Waals surface area contributed by atoms with Crippen LogP contribution in [0.5, 0.6) is 11.5 Å². The van der Waals surface area contributed by atoms with Crippen LogP contribution >= 0.6 is 0 Å². The predicted octanol–water partition coefficient (Wildman–Crippen LogP) is 1.43. The molecule has 5 rings (SSSR count). The number of aliphatic hydroxyl groups is 1. The van der Waals surface area contributed by atoms with Gasteiger partial charge in [0, 0.05) is 25.2 Å². The van der Waals surface area contributed by atoms with Crippen LogP contribution in [0.3, 0.4) is 0 Å². The molecule has 0 aliphatic carbocycles. The number of hydrogen-bond acceptors (Lipinski definition) is 6. The van der Waals surface area contributed by atoms with Gasteiger partial charge in [-0.15, -0.1) is 0 Å². The highest BCUT2D eigenvalue weighted by Crippen LogP contribution is 2.38. The number of carbonyl (C=O) groups excluding carboxylic acids is 3. The average molecular weight is 437 g/mol. The van der Waals surface area contributed by atoms with Gasteiger partial charge in [0.2, 0.25) is 12.7 Å². The van der Waals surface area contributed by atoms with Gasteiger partial charge in [0.1, 0.15) is 0 Å². The second-order valence-corrected chi connectivity index (χ2v) is 8.07. The van der Waals surface area contributed by atoms with Crippen LogP contribution in [0.1, 0.15) is 35.6 Å². The average Bonchev–Trinajstić information content (AvgIpc) is 3.43. The van der Waals surface area contributed by atoms with Crippen molar-refractivity contribution in [1.29, 1.82) is 0 Å². The maximum Gasteiger partial charge on any atom is 0.313 e. The van der Waals surface area contributed by atoms with Gasteiger partial charge in [-0.05, 0) is 60.2 Å². The highest BCUT2D eigenvalue weighted by Gasteiger charge is 2.31. The Morgan fingerprint density at radius 3 is 2.66 bits per heavy atom. The van der Waals surface area contributed by atoms with Gasteiger partial charge in [0.15, 0.2) is 11.5 Å². The lowest BCUT2D eigenvalue weighted by Gasteiger charge is -2.25. The number of nitrogens with zero attached hydrogens (tertiary/aromatic N) is 1. The van der Waals surface area contributed by atoms with Crippen LogP contribution in [0.25, 0.3) is 0 Å². The first-order valence-corrected chi connectivity index (χ1v) is 10.6. The van der Waals surface area contributed by atoms with Crippen molar-refractivity contribution >= 4 is 29.1 Å². The monoisotopic (exact) mass is 437 g/mol. The fraction of sp³-hybridized carbons (Fsp3) is 0.348. The zero-order valence-electron chi connectivity index (χ0n) is 17.3. The summed E-state index contributed by atoms with van der Waals surface area (Å²) in [6, 6.07) is 8.83. The SMILES string of the molecule is O=C(NCCC(O)c1ccc2c(c1)OCO2)C(=O)Nc1cc2c3c(c1)CCN3C(=O)CC2. The van der Waals surface area contributed by atoms with Crippen molar-refractivity contribution in [2.45, 2.75) is 31.8 Å². The zero-order chi connectivity index (χ0) is 22.2. The van der Waals surface area contributed by atoms with E-state index in [1.807, 2.05) is 12.1 Å². The zero-order valence-corrected chi connectivity index (χ0v) is 17.3. The Balaban J connectivity index is 1.15. The number of carbonyl (C=O) groups is 3. The summed E-state index contributed by atoms with van der Waals surface area (Å²) < 4.78 is 10.6. The van der Waals surface area contributed by atoms with Crippen LogP contribution in [0, 0.1) is 0 Å². The van der Waals surface area contributed by atoms with E-state index in [2.05, 4.69) is 10.6 Å². The van der Waals surface area contributed by atoms with Crippen LogP contribution in [-0.2, 0) is 27.2 Å². The number of aryl methyl sites for hydroxylation is 1. The van der Waals surface area contributed by atoms with E-state index >= 15 is 0 Å². The van der Waals surface area contributed by atoms with Gasteiger partial charge in [-0.2, -0.15) is 0 Å². The van der Waals surface area contributed by atoms with Gasteiger partial charge < -0.3 is 30.1 Å². The number of amides is 3. The molecule has 0 spiro atoms. The first-order chi connectivity index (χ1) is 15.5. The van der Waals surface area contributed by atoms with E-state index in [-0.39, 0.29) is 25.7 Å². The molecule has 3 N–H and O–H groups in total. The molecule has 0 radical (unpaired) electrons. The third-order valence-electron chi connectivity index (χ3n) is 6.00. The minimum Gasteiger partial charge on any atom is -0.454 e. The smallest absolute Gasteiger partial charge is 0.313 e. The molecule has 32 heavy (non-hydrogen) atoms. The number of rotatable bonds is 5. The molecular formula is C23H23N3O6. The molecule has 1 atom stereocenters. The van der Waals surface area contributed by atoms with Gasteiger partial charge >= 0.3 is 11.8 Å². The summed E-state index contributed by atoms with van der Waals surface area (Å²) in [5, 5.41) is 15.5. The van der Waals surface area contributed by atoms with Crippen molar-refractivity contribution in [2.75, 3.05) is 30.1 Å². The lowest BCUT2D eigenvalue weighted by molar-refractivity contribution is -0.136. The van der Waals surface area contributed by atoms with Crippen LogP contribution in [-0.4, -0.2) is 42.7 Å². The maximum atomic E-state index is 12.3. The fourth-order valence-corrected chi connectivity index (χ4v) is 4.41. The van der Waals surface area contributed by atoms with E-state index < -0.39 is 17.9 Å². The molecule has 166 valence electrons. The summed E-state index contributed by atoms with van der Waals surface area (Å²) >= 11 is 0. The Morgan fingerprint density at radius 2 is 1.81 bits per heavy atom. The number of hydrogen-bond donors (Lipinski definition) is 3. The van der Waals surface area contributed by atoms with Gasteiger partial charge in [-0.3, -0.25) is 14.4 Å². The van der Waals surface area contributed by atoms with Crippen molar-refractivity contribution < 1.29 is 29.0 Å². The normalized spacial score (nSPS) is 16.5. The van der Waals surface area contributed by atoms with Crippen LogP contribution in [0.4, 0.5) is 11.4 Å². The summed E-state index contributed by atoms with van der Waals surface area (Å²) in [4.78, 5) is 38.4. The molecule has 0 saturated heterocycles. The Morgan fingerprint density at radius 1 is 1.03 bits per heavy atom. The summed E-state index contributed by atoms with van der Waals surface area (Å²) in [6.07, 6.45) is 1.25. The molecule has 3 amide bonds. The minimum absolute atomic E-state index is 0.133. The molecule has 9 heteroatoms. The third kappa shape index (κ3) is 3.75. The Bertz CT molecular complexity index is 1120. The molecule has 3 aliphatic heterocycles. The highest BCUT2D eigenvalue weighted by atomic mass is 16.7. The fourth-order valence-electron chi connectivity index (χ4n) is 4.41. The molecule has 1 unspecified atom stereocenters. The van der Waals surface area contributed by atoms with E-state index in [1.165, 1.54) is 0 Å². The van der Waals surface area contributed by atoms with E-state index in [4.69, 9.17) is 9.47 Å². The molecule has 2 aromatic carbocycles. The van der Waals surface area contributed by atoms with Gasteiger partial charge in [-0.25, -0.2) is 0 Å². The topological polar surface area (TPSA) is 117 Å². The number of aliphatic hydroxyl groups excluding tert-OH is 1. The molecular weight excluding hydrogens is 414 g/mol. The predicted molar refractivity (Wildman–Crippen MR) is 115 cm³/mol. The minimum atomic E-state index is -0.816. The maximum absolute atomic E-state index is 12.3. The molecule has 0 saturated carbocycles. The number of benzene rings is 2. The van der Waals surface area contributed by atoms with Gasteiger partial charge in [-0.1, -0.05) is 6.07 Å². The van der Waals surface area contributed by atoms with Gasteiger partial charge in [0.25, 0.3) is 0 Å². The van der Waals surface area contributed by atoms with E-state index in [9.17, 15) is 19.5 Å². The van der Waals surface area contributed by atoms with E-state index in [0.717, 1.165) is 23.2 Å². The van der Waals surface area contributed by atoms with Crippen LogP contribution in [0.15, 0.2) is 30.3 Å². The number of anilines is 2. The summed E-state index contributed by atoms with van der Waals surface area (Å²) in [7, 11) is 0. The molecule has 9 nitrogen and oxygen atoms in total. The van der Waals surface area contributed by atoms with Gasteiger partial charge in [0.05, 0.1) is 11.8 Å². The van der Waals surface area contributed by atoms with E-state index in [0.29, 0.717) is 42.1 Å². The lowest BCUT2D eigenvalue weighted by Crippen LogP contribution is -2.36. The highest BCUT2D eigenvalue weighted by molar-refractivity contribution is 6.39.